The lowest BCUT2D eigenvalue weighted by molar-refractivity contribution is -0.141. The summed E-state index contributed by atoms with van der Waals surface area (Å²) in [5, 5.41) is 43.5. The topological polar surface area (TPSA) is 181 Å². The quantitative estimate of drug-likeness (QED) is 0.153. The van der Waals surface area contributed by atoms with Gasteiger partial charge in [-0.2, -0.15) is 0 Å². The molecule has 1 aliphatic carbocycles. The van der Waals surface area contributed by atoms with Gasteiger partial charge in [-0.3, -0.25) is 14.6 Å². The summed E-state index contributed by atoms with van der Waals surface area (Å²) in [7, 11) is 0. The third kappa shape index (κ3) is 6.18. The number of fused-ring (bicyclic) bond motifs is 3. The lowest BCUT2D eigenvalue weighted by Gasteiger charge is -2.34. The lowest BCUT2D eigenvalue weighted by atomic mass is 9.71. The minimum absolute atomic E-state index is 0.00960. The van der Waals surface area contributed by atoms with E-state index in [2.05, 4.69) is 4.99 Å². The normalized spacial score (nSPS) is 22.7. The van der Waals surface area contributed by atoms with Gasteiger partial charge in [0.05, 0.1) is 60.6 Å². The molecule has 1 saturated carbocycles. The summed E-state index contributed by atoms with van der Waals surface area (Å²) >= 11 is 0. The number of hydrogen-bond donors (Lipinski definition) is 4. The summed E-state index contributed by atoms with van der Waals surface area (Å²) in [5.41, 5.74) is 1.15. The first-order valence-corrected chi connectivity index (χ1v) is 16.6. The third-order valence-corrected chi connectivity index (χ3v) is 9.53. The molecule has 260 valence electrons. The molecule has 0 aromatic heterocycles. The van der Waals surface area contributed by atoms with Gasteiger partial charge in [0.25, 0.3) is 0 Å². The predicted octanol–water partition coefficient (Wildman–Crippen LogP) is 1.35. The van der Waals surface area contributed by atoms with E-state index >= 15 is 0 Å². The Balaban J connectivity index is 1.65. The number of rotatable bonds is 11. The number of carbonyl (C=O) groups excluding carboxylic acids is 3. The van der Waals surface area contributed by atoms with Crippen molar-refractivity contribution in [2.75, 3.05) is 33.0 Å². The highest BCUT2D eigenvalue weighted by Crippen LogP contribution is 2.56. The number of nitrogens with zero attached hydrogens (tertiary/aromatic N) is 1. The maximum absolute atomic E-state index is 13.8. The number of ether oxygens (including phenoxy) is 4. The molecule has 49 heavy (non-hydrogen) atoms. The maximum Gasteiger partial charge on any atom is 0.375 e. The number of aliphatic hydroxyl groups is 4. The van der Waals surface area contributed by atoms with Gasteiger partial charge in [0.2, 0.25) is 5.76 Å². The van der Waals surface area contributed by atoms with Crippen molar-refractivity contribution in [2.45, 2.75) is 70.7 Å². The van der Waals surface area contributed by atoms with E-state index in [-0.39, 0.29) is 90.8 Å². The Morgan fingerprint density at radius 3 is 2.61 bits per heavy atom. The molecule has 6 rings (SSSR count). The fourth-order valence-corrected chi connectivity index (χ4v) is 7.09. The van der Waals surface area contributed by atoms with Crippen molar-refractivity contribution in [3.8, 4) is 17.2 Å². The van der Waals surface area contributed by atoms with Gasteiger partial charge in [0, 0.05) is 42.4 Å². The Labute approximate surface area is 283 Å². The molecule has 0 saturated heterocycles. The second-order valence-electron chi connectivity index (χ2n) is 13.1. The number of hydrogen-bond acceptors (Lipinski definition) is 12. The zero-order chi connectivity index (χ0) is 35.0. The first-order chi connectivity index (χ1) is 23.6. The number of ketones is 1. The number of allylic oxidation sites excluding steroid dienone is 3. The van der Waals surface area contributed by atoms with Gasteiger partial charge < -0.3 is 39.4 Å². The van der Waals surface area contributed by atoms with Crippen molar-refractivity contribution in [3.05, 3.63) is 67.9 Å². The number of benzene rings is 2. The van der Waals surface area contributed by atoms with E-state index in [1.54, 1.807) is 20.8 Å². The van der Waals surface area contributed by atoms with Crippen LogP contribution in [-0.4, -0.2) is 83.1 Å². The Morgan fingerprint density at radius 1 is 1.14 bits per heavy atom. The van der Waals surface area contributed by atoms with Crippen molar-refractivity contribution in [1.82, 2.24) is 0 Å². The van der Waals surface area contributed by atoms with Crippen LogP contribution in [0.3, 0.4) is 0 Å². The number of esters is 1. The second kappa shape index (κ2) is 13.9. The SMILES string of the molecule is CCOC(=O)C1=C(C=O)/C(=C2\C[C@H](CO)C(=O)[C@@H](c3ccc4c(c3)=CCN=4)C2)c2c(OCCCO)c3c(c(CO)c2O1)O[C@H](C(C)(C)O)C3. The van der Waals surface area contributed by atoms with Crippen LogP contribution < -0.4 is 24.8 Å². The molecule has 0 radical (unpaired) electrons. The van der Waals surface area contributed by atoms with Crippen LogP contribution >= 0.6 is 0 Å². The van der Waals surface area contributed by atoms with Gasteiger partial charge in [-0.25, -0.2) is 4.79 Å². The first kappa shape index (κ1) is 34.5. The fourth-order valence-electron chi connectivity index (χ4n) is 7.09. The molecule has 3 atom stereocenters. The largest absolute Gasteiger partial charge is 0.492 e. The van der Waals surface area contributed by atoms with Crippen molar-refractivity contribution >= 4 is 29.7 Å². The Kier molecular flexibility index (Phi) is 9.76. The Morgan fingerprint density at radius 2 is 1.94 bits per heavy atom. The maximum atomic E-state index is 13.8. The zero-order valence-electron chi connectivity index (χ0n) is 27.8. The van der Waals surface area contributed by atoms with E-state index in [0.29, 0.717) is 24.0 Å². The van der Waals surface area contributed by atoms with Crippen LogP contribution in [-0.2, 0) is 32.1 Å². The van der Waals surface area contributed by atoms with Gasteiger partial charge in [-0.1, -0.05) is 17.7 Å². The summed E-state index contributed by atoms with van der Waals surface area (Å²) in [4.78, 5) is 44.8. The summed E-state index contributed by atoms with van der Waals surface area (Å²) in [5.74, 6) is -2.49. The van der Waals surface area contributed by atoms with Gasteiger partial charge in [-0.15, -0.1) is 0 Å². The van der Waals surface area contributed by atoms with Gasteiger partial charge in [-0.05, 0) is 56.5 Å². The molecule has 4 aliphatic rings. The van der Waals surface area contributed by atoms with Crippen LogP contribution in [0.1, 0.15) is 68.2 Å². The van der Waals surface area contributed by atoms with Crippen LogP contribution in [0.15, 0.2) is 40.1 Å². The van der Waals surface area contributed by atoms with E-state index in [9.17, 15) is 34.8 Å². The molecule has 0 unspecified atom stereocenters. The smallest absolute Gasteiger partial charge is 0.375 e. The van der Waals surface area contributed by atoms with Crippen LogP contribution in [0.4, 0.5) is 0 Å². The molecular formula is C37H41NO11. The Hall–Kier alpha value is -4.36. The molecule has 12 heteroatoms. The average Bonchev–Trinajstić information content (AvgIpc) is 3.75. The molecular weight excluding hydrogens is 634 g/mol. The third-order valence-electron chi connectivity index (χ3n) is 9.53. The number of aliphatic hydroxyl groups excluding tert-OH is 3. The van der Waals surface area contributed by atoms with E-state index in [1.807, 2.05) is 24.3 Å². The molecule has 0 spiro atoms. The molecule has 4 N–H and O–H groups in total. The van der Waals surface area contributed by atoms with E-state index in [4.69, 9.17) is 18.9 Å². The van der Waals surface area contributed by atoms with Crippen molar-refractivity contribution < 1.29 is 53.8 Å². The standard InChI is InChI=1S/C37H41NO11/c1-4-46-36(44)35-25(17-41)29(21-13-22(16-40)31(43)23(14-21)19-6-7-27-20(12-19)8-9-38-27)30-33(47-11-5-10-39)24-15-28(37(2,3)45)48-32(24)26(18-42)34(30)49-35/h6-8,12,17,22-23,28,39-40,42,45H,4-5,9-11,13-16,18H2,1-3H3/b29-21-/t22-,23-,28+/m1/s1. The minimum atomic E-state index is -1.30. The summed E-state index contributed by atoms with van der Waals surface area (Å²) in [6, 6.07) is 5.63. The van der Waals surface area contributed by atoms with Gasteiger partial charge in [0.15, 0.2) is 6.29 Å². The number of aldehydes is 1. The Bertz CT molecular complexity index is 1880. The summed E-state index contributed by atoms with van der Waals surface area (Å²) < 4.78 is 24.1. The molecule has 0 bridgehead atoms. The molecule has 1 fully saturated rings. The highest BCUT2D eigenvalue weighted by molar-refractivity contribution is 6.11. The van der Waals surface area contributed by atoms with Gasteiger partial charge >= 0.3 is 5.97 Å². The van der Waals surface area contributed by atoms with Crippen molar-refractivity contribution in [3.63, 3.8) is 0 Å². The lowest BCUT2D eigenvalue weighted by Crippen LogP contribution is -2.39. The predicted molar refractivity (Wildman–Crippen MR) is 175 cm³/mol. The molecule has 0 amide bonds. The minimum Gasteiger partial charge on any atom is -0.492 e. The second-order valence-corrected chi connectivity index (χ2v) is 13.1. The number of carbonyl (C=O) groups is 3. The highest BCUT2D eigenvalue weighted by Gasteiger charge is 2.45. The molecule has 2 aromatic rings. The van der Waals surface area contributed by atoms with Gasteiger partial charge in [0.1, 0.15) is 29.1 Å². The van der Waals surface area contributed by atoms with E-state index in [0.717, 1.165) is 16.1 Å². The molecule has 12 nitrogen and oxygen atoms in total. The van der Waals surface area contributed by atoms with Crippen LogP contribution in [0.25, 0.3) is 11.6 Å². The molecule has 3 aliphatic heterocycles. The van der Waals surface area contributed by atoms with Crippen molar-refractivity contribution in [2.24, 2.45) is 10.9 Å². The van der Waals surface area contributed by atoms with Crippen molar-refractivity contribution in [1.29, 1.82) is 0 Å². The van der Waals surface area contributed by atoms with Crippen LogP contribution in [0.2, 0.25) is 0 Å². The number of Topliss-reactive ketones (excluding diaryl/α,β-unsaturated/α-hetero) is 1. The van der Waals surface area contributed by atoms with Crippen LogP contribution in [0, 0.1) is 5.92 Å². The van der Waals surface area contributed by atoms with E-state index < -0.39 is 48.5 Å². The molecule has 2 aromatic carbocycles. The fraction of sp³-hybridized carbons (Fsp3) is 0.459. The zero-order valence-corrected chi connectivity index (χ0v) is 27.8. The summed E-state index contributed by atoms with van der Waals surface area (Å²) in [6.07, 6.45) is 2.40. The first-order valence-electron chi connectivity index (χ1n) is 16.6. The summed E-state index contributed by atoms with van der Waals surface area (Å²) in [6.45, 7) is 4.21. The van der Waals surface area contributed by atoms with Crippen LogP contribution in [0.5, 0.6) is 17.2 Å². The van der Waals surface area contributed by atoms with E-state index in [1.165, 1.54) is 0 Å². The monoisotopic (exact) mass is 675 g/mol. The average molecular weight is 676 g/mol. The molecule has 3 heterocycles. The highest BCUT2D eigenvalue weighted by atomic mass is 16.6.